The van der Waals surface area contributed by atoms with Crippen LogP contribution in [0.2, 0.25) is 0 Å². The zero-order valence-electron chi connectivity index (χ0n) is 6.14. The summed E-state index contributed by atoms with van der Waals surface area (Å²) in [7, 11) is 0. The molecule has 12 heavy (non-hydrogen) atoms. The highest BCUT2D eigenvalue weighted by atomic mass is 35.5. The van der Waals surface area contributed by atoms with Gasteiger partial charge in [-0.25, -0.2) is 0 Å². The zero-order chi connectivity index (χ0) is 9.30. The number of aromatic amines is 1. The minimum atomic E-state index is -1.30. The maximum atomic E-state index is 12.5. The van der Waals surface area contributed by atoms with Crippen molar-refractivity contribution in [1.29, 1.82) is 0 Å². The molecule has 0 amide bonds. The van der Waals surface area contributed by atoms with Crippen molar-refractivity contribution in [3.05, 3.63) is 22.0 Å². The molecule has 0 aliphatic carbocycles. The van der Waals surface area contributed by atoms with Gasteiger partial charge >= 0.3 is 0 Å². The summed E-state index contributed by atoms with van der Waals surface area (Å²) in [5, 5.41) is 8.19. The van der Waals surface area contributed by atoms with Gasteiger partial charge in [0.2, 0.25) is 5.82 Å². The molecule has 1 rings (SSSR count). The second-order valence-electron chi connectivity index (χ2n) is 2.20. The molecule has 0 aliphatic heterocycles. The Hall–Kier alpha value is -1.10. The van der Waals surface area contributed by atoms with Gasteiger partial charge in [0.15, 0.2) is 0 Å². The van der Waals surface area contributed by atoms with Crippen LogP contribution >= 0.6 is 11.6 Å². The third-order valence-corrected chi connectivity index (χ3v) is 1.45. The second kappa shape index (κ2) is 3.10. The predicted octanol–water partition coefficient (Wildman–Crippen LogP) is 0.914. The Morgan fingerprint density at radius 3 is 2.75 bits per heavy atom. The SMILES string of the molecule is CC(Cl)c1nc(O)c(F)c(=O)[nH]1. The lowest BCUT2D eigenvalue weighted by Crippen LogP contribution is -2.15. The van der Waals surface area contributed by atoms with Crippen molar-refractivity contribution in [2.75, 3.05) is 0 Å². The molecule has 66 valence electrons. The molecule has 0 fully saturated rings. The minimum Gasteiger partial charge on any atom is -0.491 e. The minimum absolute atomic E-state index is 0.0422. The molecule has 1 heterocycles. The van der Waals surface area contributed by atoms with Gasteiger partial charge in [0.1, 0.15) is 5.82 Å². The fourth-order valence-corrected chi connectivity index (χ4v) is 0.756. The summed E-state index contributed by atoms with van der Waals surface area (Å²) >= 11 is 5.53. The molecule has 0 saturated carbocycles. The summed E-state index contributed by atoms with van der Waals surface area (Å²) in [6.45, 7) is 1.54. The van der Waals surface area contributed by atoms with Gasteiger partial charge < -0.3 is 10.1 Å². The van der Waals surface area contributed by atoms with Crippen LogP contribution in [0.3, 0.4) is 0 Å². The molecule has 0 saturated heterocycles. The zero-order valence-corrected chi connectivity index (χ0v) is 6.89. The van der Waals surface area contributed by atoms with Crippen molar-refractivity contribution in [3.8, 4) is 5.88 Å². The summed E-state index contributed by atoms with van der Waals surface area (Å²) in [6, 6.07) is 0. The number of hydrogen-bond acceptors (Lipinski definition) is 3. The van der Waals surface area contributed by atoms with Gasteiger partial charge in [-0.05, 0) is 6.92 Å². The van der Waals surface area contributed by atoms with Crippen molar-refractivity contribution < 1.29 is 9.50 Å². The highest BCUT2D eigenvalue weighted by Crippen LogP contribution is 2.16. The van der Waals surface area contributed by atoms with Crippen LogP contribution in [-0.2, 0) is 0 Å². The first-order valence-corrected chi connectivity index (χ1v) is 3.58. The first kappa shape index (κ1) is 8.99. The van der Waals surface area contributed by atoms with Crippen LogP contribution in [0.15, 0.2) is 4.79 Å². The summed E-state index contributed by atoms with van der Waals surface area (Å²) in [5.74, 6) is -2.18. The fourth-order valence-electron chi connectivity index (χ4n) is 0.652. The van der Waals surface area contributed by atoms with E-state index < -0.39 is 22.6 Å². The number of hydrogen-bond donors (Lipinski definition) is 2. The van der Waals surface area contributed by atoms with Crippen molar-refractivity contribution in [3.63, 3.8) is 0 Å². The number of nitrogens with one attached hydrogen (secondary N) is 1. The first-order chi connectivity index (χ1) is 5.52. The number of H-pyrrole nitrogens is 1. The van der Waals surface area contributed by atoms with Crippen LogP contribution in [-0.4, -0.2) is 15.1 Å². The molecule has 1 unspecified atom stereocenters. The van der Waals surface area contributed by atoms with Crippen LogP contribution < -0.4 is 5.56 Å². The second-order valence-corrected chi connectivity index (χ2v) is 2.86. The Morgan fingerprint density at radius 1 is 1.75 bits per heavy atom. The Labute approximate surface area is 72.0 Å². The van der Waals surface area contributed by atoms with E-state index in [2.05, 4.69) is 9.97 Å². The average Bonchev–Trinajstić information content (AvgIpc) is 1.99. The smallest absolute Gasteiger partial charge is 0.291 e. The normalized spacial score (nSPS) is 12.9. The summed E-state index contributed by atoms with van der Waals surface area (Å²) in [6.07, 6.45) is 0. The Bertz CT molecular complexity index is 350. The monoisotopic (exact) mass is 192 g/mol. The highest BCUT2D eigenvalue weighted by molar-refractivity contribution is 6.20. The molecule has 1 aromatic rings. The number of alkyl halides is 1. The van der Waals surface area contributed by atoms with E-state index in [0.717, 1.165) is 0 Å². The van der Waals surface area contributed by atoms with E-state index in [1.807, 2.05) is 0 Å². The summed E-state index contributed by atoms with van der Waals surface area (Å²) in [5.41, 5.74) is -1.02. The van der Waals surface area contributed by atoms with Gasteiger partial charge in [0, 0.05) is 0 Å². The maximum absolute atomic E-state index is 12.5. The Morgan fingerprint density at radius 2 is 2.33 bits per heavy atom. The molecule has 4 nitrogen and oxygen atoms in total. The largest absolute Gasteiger partial charge is 0.491 e. The standard InChI is InChI=1S/C6H6ClFN2O2/c1-2(7)4-9-5(11)3(8)6(12)10-4/h2H,1H3,(H2,9,10,11,12). The lowest BCUT2D eigenvalue weighted by atomic mass is 10.4. The van der Waals surface area contributed by atoms with Crippen LogP contribution in [0.5, 0.6) is 5.88 Å². The maximum Gasteiger partial charge on any atom is 0.291 e. The third-order valence-electron chi connectivity index (χ3n) is 1.24. The first-order valence-electron chi connectivity index (χ1n) is 3.15. The van der Waals surface area contributed by atoms with Gasteiger partial charge in [-0.15, -0.1) is 11.6 Å². The number of aromatic nitrogens is 2. The Balaban J connectivity index is 3.31. The lowest BCUT2D eigenvalue weighted by molar-refractivity contribution is 0.401. The highest BCUT2D eigenvalue weighted by Gasteiger charge is 2.12. The van der Waals surface area contributed by atoms with Crippen LogP contribution in [0.4, 0.5) is 4.39 Å². The summed E-state index contributed by atoms with van der Waals surface area (Å²) < 4.78 is 12.5. The molecule has 2 N–H and O–H groups in total. The molecule has 0 aromatic carbocycles. The van der Waals surface area contributed by atoms with Crippen LogP contribution in [0, 0.1) is 5.82 Å². The molecule has 1 atom stereocenters. The topological polar surface area (TPSA) is 66.0 Å². The van der Waals surface area contributed by atoms with E-state index in [1.165, 1.54) is 6.92 Å². The van der Waals surface area contributed by atoms with Crippen molar-refractivity contribution in [2.45, 2.75) is 12.3 Å². The average molecular weight is 193 g/mol. The quantitative estimate of drug-likeness (QED) is 0.650. The number of nitrogens with zero attached hydrogens (tertiary/aromatic N) is 1. The molecule has 0 spiro atoms. The van der Waals surface area contributed by atoms with Gasteiger partial charge in [-0.2, -0.15) is 9.37 Å². The molecular formula is C6H6ClFN2O2. The number of rotatable bonds is 1. The Kier molecular flexibility index (Phi) is 2.32. The van der Waals surface area contributed by atoms with Gasteiger partial charge in [-0.3, -0.25) is 4.79 Å². The number of halogens is 2. The van der Waals surface area contributed by atoms with Crippen molar-refractivity contribution in [1.82, 2.24) is 9.97 Å². The van der Waals surface area contributed by atoms with E-state index in [-0.39, 0.29) is 5.82 Å². The van der Waals surface area contributed by atoms with E-state index in [1.54, 1.807) is 0 Å². The third kappa shape index (κ3) is 1.55. The molecule has 0 radical (unpaired) electrons. The van der Waals surface area contributed by atoms with E-state index in [9.17, 15) is 9.18 Å². The van der Waals surface area contributed by atoms with E-state index in [4.69, 9.17) is 16.7 Å². The molecule has 0 bridgehead atoms. The van der Waals surface area contributed by atoms with Crippen molar-refractivity contribution in [2.24, 2.45) is 0 Å². The predicted molar refractivity (Wildman–Crippen MR) is 40.7 cm³/mol. The van der Waals surface area contributed by atoms with Gasteiger partial charge in [0.25, 0.3) is 11.4 Å². The van der Waals surface area contributed by atoms with Crippen LogP contribution in [0.1, 0.15) is 18.1 Å². The molecule has 0 aliphatic rings. The molecule has 6 heteroatoms. The van der Waals surface area contributed by atoms with E-state index in [0.29, 0.717) is 0 Å². The molecule has 1 aromatic heterocycles. The number of aromatic hydroxyl groups is 1. The lowest BCUT2D eigenvalue weighted by Gasteiger charge is -2.01. The van der Waals surface area contributed by atoms with Crippen molar-refractivity contribution >= 4 is 11.6 Å². The van der Waals surface area contributed by atoms with E-state index >= 15 is 0 Å². The van der Waals surface area contributed by atoms with Crippen LogP contribution in [0.25, 0.3) is 0 Å². The van der Waals surface area contributed by atoms with Gasteiger partial charge in [-0.1, -0.05) is 0 Å². The molecular weight excluding hydrogens is 187 g/mol. The fraction of sp³-hybridized carbons (Fsp3) is 0.333. The summed E-state index contributed by atoms with van der Waals surface area (Å²) in [4.78, 5) is 16.1. The van der Waals surface area contributed by atoms with Gasteiger partial charge in [0.05, 0.1) is 5.38 Å².